The minimum atomic E-state index is 0.421. The van der Waals surface area contributed by atoms with Gasteiger partial charge in [0.15, 0.2) is 0 Å². The molecule has 0 saturated carbocycles. The van der Waals surface area contributed by atoms with E-state index in [1.807, 2.05) is 6.07 Å². The fraction of sp³-hybridized carbons (Fsp3) is 0.647. The van der Waals surface area contributed by atoms with E-state index in [1.54, 1.807) is 0 Å². The van der Waals surface area contributed by atoms with Crippen molar-refractivity contribution < 1.29 is 0 Å². The standard InChI is InChI=1S/C17H27BrN2/c1-12-10-16(14(18)11-15(12)19)20-8-5-6-13(7-9-20)17(2,3)4/h10-11,13H,5-9,19H2,1-4H3. The van der Waals surface area contributed by atoms with Gasteiger partial charge in [0.2, 0.25) is 0 Å². The fourth-order valence-corrected chi connectivity index (χ4v) is 3.74. The molecule has 1 atom stereocenters. The molecule has 2 N–H and O–H groups in total. The van der Waals surface area contributed by atoms with Gasteiger partial charge in [0.25, 0.3) is 0 Å². The van der Waals surface area contributed by atoms with Crippen LogP contribution in [0.2, 0.25) is 0 Å². The van der Waals surface area contributed by atoms with Crippen LogP contribution in [-0.4, -0.2) is 13.1 Å². The number of hydrogen-bond acceptors (Lipinski definition) is 2. The highest BCUT2D eigenvalue weighted by Gasteiger charge is 2.27. The molecule has 0 radical (unpaired) electrons. The van der Waals surface area contributed by atoms with Crippen LogP contribution in [0.3, 0.4) is 0 Å². The Bertz CT molecular complexity index is 477. The molecule has 1 aromatic rings. The molecule has 0 aromatic heterocycles. The number of halogens is 1. The molecule has 1 unspecified atom stereocenters. The minimum absolute atomic E-state index is 0.421. The highest BCUT2D eigenvalue weighted by Crippen LogP contribution is 2.37. The number of nitrogens with two attached hydrogens (primary N) is 1. The van der Waals surface area contributed by atoms with Gasteiger partial charge in [0.05, 0.1) is 5.69 Å². The van der Waals surface area contributed by atoms with Crippen molar-refractivity contribution in [3.8, 4) is 0 Å². The minimum Gasteiger partial charge on any atom is -0.398 e. The van der Waals surface area contributed by atoms with Crippen molar-refractivity contribution in [1.82, 2.24) is 0 Å². The predicted molar refractivity (Wildman–Crippen MR) is 92.3 cm³/mol. The lowest BCUT2D eigenvalue weighted by atomic mass is 9.77. The summed E-state index contributed by atoms with van der Waals surface area (Å²) in [7, 11) is 0. The third-order valence-electron chi connectivity index (χ3n) is 4.63. The quantitative estimate of drug-likeness (QED) is 0.730. The Morgan fingerprint density at radius 2 is 1.90 bits per heavy atom. The van der Waals surface area contributed by atoms with Crippen LogP contribution < -0.4 is 10.6 Å². The molecule has 1 aliphatic rings. The first kappa shape index (κ1) is 15.7. The molecule has 112 valence electrons. The van der Waals surface area contributed by atoms with Crippen molar-refractivity contribution in [2.75, 3.05) is 23.7 Å². The van der Waals surface area contributed by atoms with Crippen LogP contribution >= 0.6 is 15.9 Å². The lowest BCUT2D eigenvalue weighted by Gasteiger charge is -2.30. The largest absolute Gasteiger partial charge is 0.398 e. The summed E-state index contributed by atoms with van der Waals surface area (Å²) in [4.78, 5) is 2.52. The first-order valence-corrected chi connectivity index (χ1v) is 8.39. The summed E-state index contributed by atoms with van der Waals surface area (Å²) < 4.78 is 1.12. The number of nitrogen functional groups attached to an aromatic ring is 1. The zero-order valence-corrected chi connectivity index (χ0v) is 14.8. The van der Waals surface area contributed by atoms with E-state index in [0.717, 1.165) is 29.2 Å². The lowest BCUT2D eigenvalue weighted by molar-refractivity contribution is 0.220. The van der Waals surface area contributed by atoms with Crippen molar-refractivity contribution in [2.24, 2.45) is 11.3 Å². The molecule has 1 fully saturated rings. The summed E-state index contributed by atoms with van der Waals surface area (Å²) in [6.07, 6.45) is 3.89. The summed E-state index contributed by atoms with van der Waals surface area (Å²) in [6.45, 7) is 11.5. The molecule has 0 spiro atoms. The van der Waals surface area contributed by atoms with Gasteiger partial charge in [0, 0.05) is 23.2 Å². The lowest BCUT2D eigenvalue weighted by Crippen LogP contribution is -2.26. The zero-order valence-electron chi connectivity index (χ0n) is 13.2. The van der Waals surface area contributed by atoms with E-state index in [2.05, 4.69) is 54.6 Å². The van der Waals surface area contributed by atoms with Crippen LogP contribution in [0.4, 0.5) is 11.4 Å². The monoisotopic (exact) mass is 338 g/mol. The summed E-state index contributed by atoms with van der Waals surface area (Å²) in [5.74, 6) is 0.821. The SMILES string of the molecule is Cc1cc(N2CCCC(C(C)(C)C)CC2)c(Br)cc1N. The number of nitrogens with zero attached hydrogens (tertiary/aromatic N) is 1. The van der Waals surface area contributed by atoms with E-state index in [1.165, 1.54) is 30.5 Å². The molecule has 1 heterocycles. The van der Waals surface area contributed by atoms with E-state index >= 15 is 0 Å². The number of benzene rings is 1. The van der Waals surface area contributed by atoms with Crippen molar-refractivity contribution in [3.05, 3.63) is 22.2 Å². The Morgan fingerprint density at radius 1 is 1.20 bits per heavy atom. The molecule has 0 amide bonds. The molecule has 2 rings (SSSR count). The second kappa shape index (κ2) is 5.97. The second-order valence-corrected chi connectivity index (χ2v) is 8.00. The molecule has 3 heteroatoms. The van der Waals surface area contributed by atoms with E-state index < -0.39 is 0 Å². The van der Waals surface area contributed by atoms with Gasteiger partial charge in [-0.15, -0.1) is 0 Å². The van der Waals surface area contributed by atoms with Gasteiger partial charge >= 0.3 is 0 Å². The van der Waals surface area contributed by atoms with Crippen LogP contribution in [0.1, 0.15) is 45.6 Å². The smallest absolute Gasteiger partial charge is 0.0514 e. The van der Waals surface area contributed by atoms with E-state index in [-0.39, 0.29) is 0 Å². The second-order valence-electron chi connectivity index (χ2n) is 7.14. The van der Waals surface area contributed by atoms with Gasteiger partial charge in [0.1, 0.15) is 0 Å². The molecule has 2 nitrogen and oxygen atoms in total. The van der Waals surface area contributed by atoms with Gasteiger partial charge < -0.3 is 10.6 Å². The molecule has 1 aromatic carbocycles. The van der Waals surface area contributed by atoms with Crippen molar-refractivity contribution in [1.29, 1.82) is 0 Å². The Kier molecular flexibility index (Phi) is 4.68. The maximum absolute atomic E-state index is 5.98. The fourth-order valence-electron chi connectivity index (χ4n) is 3.13. The first-order valence-electron chi connectivity index (χ1n) is 7.59. The average Bonchev–Trinajstić information content (AvgIpc) is 2.59. The van der Waals surface area contributed by atoms with Gasteiger partial charge in [-0.2, -0.15) is 0 Å². The van der Waals surface area contributed by atoms with Crippen molar-refractivity contribution >= 4 is 27.3 Å². The van der Waals surface area contributed by atoms with Gasteiger partial charge in [-0.1, -0.05) is 20.8 Å². The van der Waals surface area contributed by atoms with Gasteiger partial charge in [-0.3, -0.25) is 0 Å². The van der Waals surface area contributed by atoms with Crippen LogP contribution in [0.5, 0.6) is 0 Å². The third-order valence-corrected chi connectivity index (χ3v) is 5.26. The third kappa shape index (κ3) is 3.49. The Balaban J connectivity index is 2.17. The van der Waals surface area contributed by atoms with Crippen LogP contribution in [-0.2, 0) is 0 Å². The van der Waals surface area contributed by atoms with Crippen LogP contribution in [0.15, 0.2) is 16.6 Å². The highest BCUT2D eigenvalue weighted by atomic mass is 79.9. The molecule has 0 aliphatic carbocycles. The highest BCUT2D eigenvalue weighted by molar-refractivity contribution is 9.10. The summed E-state index contributed by atoms with van der Waals surface area (Å²) in [6, 6.07) is 4.26. The van der Waals surface area contributed by atoms with Crippen LogP contribution in [0.25, 0.3) is 0 Å². The molecule has 1 saturated heterocycles. The Hall–Kier alpha value is -0.700. The molecule has 1 aliphatic heterocycles. The Morgan fingerprint density at radius 3 is 2.55 bits per heavy atom. The zero-order chi connectivity index (χ0) is 14.9. The molecule has 0 bridgehead atoms. The van der Waals surface area contributed by atoms with Crippen molar-refractivity contribution in [2.45, 2.75) is 47.0 Å². The molecular formula is C17H27BrN2. The van der Waals surface area contributed by atoms with Crippen molar-refractivity contribution in [3.63, 3.8) is 0 Å². The Labute approximate surface area is 131 Å². The number of aryl methyl sites for hydroxylation is 1. The summed E-state index contributed by atoms with van der Waals surface area (Å²) in [5.41, 5.74) is 9.73. The van der Waals surface area contributed by atoms with E-state index in [4.69, 9.17) is 5.73 Å². The molecular weight excluding hydrogens is 312 g/mol. The molecule has 20 heavy (non-hydrogen) atoms. The first-order chi connectivity index (χ1) is 9.29. The summed E-state index contributed by atoms with van der Waals surface area (Å²) >= 11 is 3.68. The number of anilines is 2. The predicted octanol–water partition coefficient (Wildman–Crippen LogP) is 4.99. The van der Waals surface area contributed by atoms with E-state index in [9.17, 15) is 0 Å². The van der Waals surface area contributed by atoms with Crippen LogP contribution in [0, 0.1) is 18.3 Å². The maximum atomic E-state index is 5.98. The number of rotatable bonds is 1. The average molecular weight is 339 g/mol. The van der Waals surface area contributed by atoms with E-state index in [0.29, 0.717) is 5.41 Å². The topological polar surface area (TPSA) is 29.3 Å². The van der Waals surface area contributed by atoms with Gasteiger partial charge in [-0.05, 0) is 71.1 Å². The number of hydrogen-bond donors (Lipinski definition) is 1. The summed E-state index contributed by atoms with van der Waals surface area (Å²) in [5, 5.41) is 0. The maximum Gasteiger partial charge on any atom is 0.0514 e. The van der Waals surface area contributed by atoms with Gasteiger partial charge in [-0.25, -0.2) is 0 Å². The normalized spacial score (nSPS) is 20.9.